The molecule has 4 amide bonds. The highest BCUT2D eigenvalue weighted by Gasteiger charge is 2.62. The summed E-state index contributed by atoms with van der Waals surface area (Å²) in [6.45, 7) is 9.17. The molecule has 3 N–H and O–H groups in total. The third-order valence-electron chi connectivity index (χ3n) is 9.28. The predicted molar refractivity (Wildman–Crippen MR) is 178 cm³/mol. The number of nitrogens with one attached hydrogen (secondary N) is 3. The SMILES string of the molecule is C=C[C@@H]1C[C@]1(NC(=O)[C@@H]1C[C@@H]2CN1C(=O)[C@H](C(C)(C)C)NC(=O)OC/C=C\COc1ccc3ccnc(c3c1)O2)C(=O)NS(=O)(=O)C1CC1. The van der Waals surface area contributed by atoms with Crippen LogP contribution in [0.5, 0.6) is 11.6 Å². The van der Waals surface area contributed by atoms with Crippen molar-refractivity contribution in [2.75, 3.05) is 19.8 Å². The summed E-state index contributed by atoms with van der Waals surface area (Å²) in [7, 11) is -3.89. The smallest absolute Gasteiger partial charge is 0.408 e. The molecule has 4 bridgehead atoms. The van der Waals surface area contributed by atoms with E-state index >= 15 is 0 Å². The summed E-state index contributed by atoms with van der Waals surface area (Å²) in [5.74, 6) is -1.76. The van der Waals surface area contributed by atoms with E-state index < -0.39 is 74.1 Å². The van der Waals surface area contributed by atoms with Crippen molar-refractivity contribution in [2.24, 2.45) is 11.3 Å². The average Bonchev–Trinajstić information content (AvgIpc) is 3.97. The first-order valence-corrected chi connectivity index (χ1v) is 17.8. The maximum Gasteiger partial charge on any atom is 0.408 e. The molecule has 6 rings (SSSR count). The van der Waals surface area contributed by atoms with Gasteiger partial charge in [0.1, 0.15) is 42.7 Å². The number of ether oxygens (including phenoxy) is 3. The molecular formula is C34H41N5O9S. The van der Waals surface area contributed by atoms with Crippen LogP contribution in [-0.4, -0.2) is 90.9 Å². The number of hydrogen-bond donors (Lipinski definition) is 3. The summed E-state index contributed by atoms with van der Waals surface area (Å²) < 4.78 is 44.9. The Labute approximate surface area is 284 Å². The number of pyridine rings is 1. The van der Waals surface area contributed by atoms with Crippen molar-refractivity contribution in [3.8, 4) is 11.6 Å². The second-order valence-electron chi connectivity index (χ2n) is 14.0. The standard InChI is InChI=1S/C34H41N5O9S/c1-5-21-18-34(21,31(42)38-49(44,45)24-10-11-24)37-28(40)26-17-23-19-39(26)30(41)27(33(2,3)4)36-32(43)47-15-7-6-14-46-22-9-8-20-12-13-35-29(48-23)25(20)16-22/h5-9,12-13,16,21,23-24,26-27H,1,10-11,14-15,17-19H2,2-4H3,(H,36,43)(H,37,40)(H,38,42)/b7-6-/t21-,23-,26+,27-,34-/m1/s1. The zero-order chi connectivity index (χ0) is 35.1. The second kappa shape index (κ2) is 13.0. The number of carbonyl (C=O) groups excluding carboxylic acids is 4. The van der Waals surface area contributed by atoms with Gasteiger partial charge >= 0.3 is 6.09 Å². The molecule has 2 saturated carbocycles. The van der Waals surface area contributed by atoms with E-state index in [1.165, 1.54) is 11.0 Å². The highest BCUT2D eigenvalue weighted by atomic mass is 32.2. The van der Waals surface area contributed by atoms with Crippen LogP contribution in [0.25, 0.3) is 10.8 Å². The van der Waals surface area contributed by atoms with Gasteiger partial charge in [-0.15, -0.1) is 6.58 Å². The Kier molecular flexibility index (Phi) is 9.07. The third kappa shape index (κ3) is 7.21. The average molecular weight is 696 g/mol. The van der Waals surface area contributed by atoms with E-state index in [4.69, 9.17) is 14.2 Å². The number of benzene rings is 1. The zero-order valence-electron chi connectivity index (χ0n) is 27.6. The van der Waals surface area contributed by atoms with Gasteiger partial charge in [-0.1, -0.05) is 32.9 Å². The summed E-state index contributed by atoms with van der Waals surface area (Å²) in [6, 6.07) is 5.03. The molecule has 3 fully saturated rings. The van der Waals surface area contributed by atoms with Gasteiger partial charge in [0, 0.05) is 23.9 Å². The summed E-state index contributed by atoms with van der Waals surface area (Å²) in [5.41, 5.74) is -2.36. The van der Waals surface area contributed by atoms with Crippen molar-refractivity contribution in [3.05, 3.63) is 55.3 Å². The van der Waals surface area contributed by atoms with Crippen LogP contribution in [0.15, 0.2) is 55.3 Å². The van der Waals surface area contributed by atoms with Crippen molar-refractivity contribution >= 4 is 44.6 Å². The minimum Gasteiger partial charge on any atom is -0.490 e. The fourth-order valence-electron chi connectivity index (χ4n) is 6.23. The first kappa shape index (κ1) is 34.2. The van der Waals surface area contributed by atoms with Crippen LogP contribution in [0.2, 0.25) is 0 Å². The zero-order valence-corrected chi connectivity index (χ0v) is 28.5. The van der Waals surface area contributed by atoms with E-state index in [1.54, 1.807) is 45.2 Å². The Morgan fingerprint density at radius 1 is 1.12 bits per heavy atom. The Morgan fingerprint density at radius 3 is 2.53 bits per heavy atom. The van der Waals surface area contributed by atoms with Crippen molar-refractivity contribution in [2.45, 2.75) is 75.4 Å². The molecule has 3 heterocycles. The Hall–Kier alpha value is -4.66. The summed E-state index contributed by atoms with van der Waals surface area (Å²) in [6.07, 6.45) is 5.96. The van der Waals surface area contributed by atoms with Crippen molar-refractivity contribution in [1.29, 1.82) is 0 Å². The summed E-state index contributed by atoms with van der Waals surface area (Å²) in [5, 5.41) is 6.30. The number of carbonyl (C=O) groups is 4. The highest BCUT2D eigenvalue weighted by molar-refractivity contribution is 7.91. The minimum atomic E-state index is -3.89. The second-order valence-corrected chi connectivity index (χ2v) is 15.9. The Bertz CT molecular complexity index is 1820. The summed E-state index contributed by atoms with van der Waals surface area (Å²) in [4.78, 5) is 60.5. The number of nitrogens with zero attached hydrogens (tertiary/aromatic N) is 2. The van der Waals surface area contributed by atoms with Crippen LogP contribution in [0.3, 0.4) is 0 Å². The lowest BCUT2D eigenvalue weighted by molar-refractivity contribution is -0.142. The molecular weight excluding hydrogens is 654 g/mol. The van der Waals surface area contributed by atoms with E-state index in [0.717, 1.165) is 5.39 Å². The quantitative estimate of drug-likeness (QED) is 0.380. The van der Waals surface area contributed by atoms with Gasteiger partial charge in [0.25, 0.3) is 5.91 Å². The number of fused-ring (bicyclic) bond motifs is 3. The van der Waals surface area contributed by atoms with Gasteiger partial charge in [0.15, 0.2) is 0 Å². The molecule has 262 valence electrons. The lowest BCUT2D eigenvalue weighted by atomic mass is 9.85. The molecule has 15 heteroatoms. The molecule has 2 aliphatic carbocycles. The molecule has 2 aliphatic heterocycles. The van der Waals surface area contributed by atoms with E-state index in [9.17, 15) is 27.6 Å². The van der Waals surface area contributed by atoms with Gasteiger partial charge in [0.2, 0.25) is 27.7 Å². The number of hydrogen-bond acceptors (Lipinski definition) is 10. The van der Waals surface area contributed by atoms with Gasteiger partial charge in [-0.25, -0.2) is 18.2 Å². The van der Waals surface area contributed by atoms with Crippen LogP contribution in [-0.2, 0) is 29.1 Å². The molecule has 0 spiro atoms. The molecule has 4 aliphatic rings. The number of aromatic nitrogens is 1. The van der Waals surface area contributed by atoms with Crippen LogP contribution in [0, 0.1) is 11.3 Å². The summed E-state index contributed by atoms with van der Waals surface area (Å²) >= 11 is 0. The molecule has 0 unspecified atom stereocenters. The van der Waals surface area contributed by atoms with Gasteiger partial charge < -0.3 is 29.7 Å². The molecule has 0 radical (unpaired) electrons. The molecule has 1 aromatic heterocycles. The van der Waals surface area contributed by atoms with Crippen LogP contribution < -0.4 is 24.8 Å². The maximum absolute atomic E-state index is 14.3. The largest absolute Gasteiger partial charge is 0.490 e. The van der Waals surface area contributed by atoms with Crippen molar-refractivity contribution in [1.82, 2.24) is 25.2 Å². The van der Waals surface area contributed by atoms with Crippen molar-refractivity contribution < 1.29 is 41.8 Å². The Morgan fingerprint density at radius 2 is 1.86 bits per heavy atom. The fourth-order valence-corrected chi connectivity index (χ4v) is 7.60. The number of alkyl carbamates (subject to hydrolysis) is 1. The van der Waals surface area contributed by atoms with E-state index in [0.29, 0.717) is 24.0 Å². The lowest BCUT2D eigenvalue weighted by Gasteiger charge is -2.35. The van der Waals surface area contributed by atoms with E-state index in [-0.39, 0.29) is 38.5 Å². The monoisotopic (exact) mass is 695 g/mol. The topological polar surface area (TPSA) is 182 Å². The van der Waals surface area contributed by atoms with Gasteiger partial charge in [-0.3, -0.25) is 19.1 Å². The lowest BCUT2D eigenvalue weighted by Crippen LogP contribution is -2.60. The molecule has 2 aromatic rings. The van der Waals surface area contributed by atoms with Gasteiger partial charge in [-0.2, -0.15) is 0 Å². The normalized spacial score (nSPS) is 28.2. The molecule has 49 heavy (non-hydrogen) atoms. The number of sulfonamides is 1. The Balaban J connectivity index is 1.33. The van der Waals surface area contributed by atoms with Gasteiger partial charge in [0.05, 0.1) is 11.8 Å². The number of amides is 4. The minimum absolute atomic E-state index is 0.0217. The molecule has 5 atom stereocenters. The fraction of sp³-hybridized carbons (Fsp3) is 0.500. The molecule has 1 saturated heterocycles. The third-order valence-corrected chi connectivity index (χ3v) is 11.1. The van der Waals surface area contributed by atoms with Gasteiger partial charge in [-0.05, 0) is 60.4 Å². The number of cyclic esters (lactones) is 1. The first-order chi connectivity index (χ1) is 23.2. The van der Waals surface area contributed by atoms with Crippen LogP contribution in [0.1, 0.15) is 46.5 Å². The first-order valence-electron chi connectivity index (χ1n) is 16.3. The maximum atomic E-state index is 14.3. The number of rotatable bonds is 6. The van der Waals surface area contributed by atoms with E-state index in [1.807, 2.05) is 18.2 Å². The predicted octanol–water partition coefficient (Wildman–Crippen LogP) is 2.34. The highest BCUT2D eigenvalue weighted by Crippen LogP contribution is 2.45. The van der Waals surface area contributed by atoms with Crippen LogP contribution >= 0.6 is 0 Å². The molecule has 1 aromatic carbocycles. The van der Waals surface area contributed by atoms with E-state index in [2.05, 4.69) is 26.9 Å². The molecule has 14 nitrogen and oxygen atoms in total. The van der Waals surface area contributed by atoms with Crippen LogP contribution in [0.4, 0.5) is 4.79 Å². The van der Waals surface area contributed by atoms with Crippen molar-refractivity contribution in [3.63, 3.8) is 0 Å².